The minimum Gasteiger partial charge on any atom is -0.467 e. The van der Waals surface area contributed by atoms with Gasteiger partial charge in [-0.3, -0.25) is 18.9 Å². The van der Waals surface area contributed by atoms with E-state index in [1.165, 1.54) is 9.30 Å². The summed E-state index contributed by atoms with van der Waals surface area (Å²) in [5.41, 5.74) is 2.52. The Hall–Kier alpha value is -3.69. The van der Waals surface area contributed by atoms with Gasteiger partial charge in [-0.1, -0.05) is 60.4 Å². The number of benzene rings is 1. The molecule has 1 atom stereocenters. The first-order valence-corrected chi connectivity index (χ1v) is 12.3. The topological polar surface area (TPSA) is 79.8 Å². The van der Waals surface area contributed by atoms with Gasteiger partial charge in [-0.05, 0) is 49.2 Å². The lowest BCUT2D eigenvalue weighted by Gasteiger charge is -2.18. The van der Waals surface area contributed by atoms with Gasteiger partial charge in [0, 0.05) is 12.2 Å². The highest BCUT2D eigenvalue weighted by Gasteiger charge is 2.33. The van der Waals surface area contributed by atoms with Gasteiger partial charge in [0.05, 0.1) is 23.3 Å². The summed E-state index contributed by atoms with van der Waals surface area (Å²) < 4.78 is 7.29. The summed E-state index contributed by atoms with van der Waals surface area (Å²) >= 11 is 6.61. The van der Waals surface area contributed by atoms with Crippen LogP contribution in [0.15, 0.2) is 81.2 Å². The second kappa shape index (κ2) is 9.52. The van der Waals surface area contributed by atoms with Crippen molar-refractivity contribution in [2.75, 3.05) is 5.32 Å². The highest BCUT2D eigenvalue weighted by Crippen LogP contribution is 2.34. The third kappa shape index (κ3) is 4.52. The third-order valence-electron chi connectivity index (χ3n) is 5.78. The van der Waals surface area contributed by atoms with E-state index in [1.54, 1.807) is 36.7 Å². The van der Waals surface area contributed by atoms with Crippen LogP contribution < -0.4 is 10.9 Å². The minimum atomic E-state index is -0.271. The number of aryl methyl sites for hydroxylation is 1. The zero-order valence-corrected chi connectivity index (χ0v) is 20.7. The van der Waals surface area contributed by atoms with E-state index in [4.69, 9.17) is 21.6 Å². The molecule has 0 aliphatic carbocycles. The zero-order chi connectivity index (χ0) is 24.5. The fourth-order valence-electron chi connectivity index (χ4n) is 3.91. The maximum absolute atomic E-state index is 13.6. The number of aromatic nitrogens is 2. The van der Waals surface area contributed by atoms with Crippen LogP contribution in [0.3, 0.4) is 0 Å². The molecule has 3 aromatic heterocycles. The Kier molecular flexibility index (Phi) is 6.27. The fourth-order valence-corrected chi connectivity index (χ4v) is 5.14. The molecule has 35 heavy (non-hydrogen) atoms. The molecule has 0 bridgehead atoms. The van der Waals surface area contributed by atoms with Gasteiger partial charge in [0.15, 0.2) is 0 Å². The van der Waals surface area contributed by atoms with Crippen molar-refractivity contribution >= 4 is 51.7 Å². The number of hydrogen-bond donors (Lipinski definition) is 1. The molecule has 0 radical (unpaired) electrons. The molecule has 1 fully saturated rings. The van der Waals surface area contributed by atoms with Gasteiger partial charge in [-0.2, -0.15) is 0 Å². The average molecular weight is 503 g/mol. The molecular weight excluding hydrogens is 480 g/mol. The molecule has 4 aromatic rings. The average Bonchev–Trinajstić information content (AvgIpc) is 3.46. The van der Waals surface area contributed by atoms with Gasteiger partial charge in [-0.15, -0.1) is 0 Å². The molecule has 0 unspecified atom stereocenters. The maximum atomic E-state index is 13.6. The number of rotatable bonds is 6. The van der Waals surface area contributed by atoms with Crippen molar-refractivity contribution in [2.24, 2.45) is 0 Å². The smallest absolute Gasteiger partial charge is 0.267 e. The molecule has 5 rings (SSSR count). The Morgan fingerprint density at radius 1 is 1.14 bits per heavy atom. The molecule has 1 N–H and O–H groups in total. The molecule has 1 aliphatic rings. The van der Waals surface area contributed by atoms with Crippen LogP contribution in [0.5, 0.6) is 0 Å². The molecule has 1 aliphatic heterocycles. The predicted octanol–water partition coefficient (Wildman–Crippen LogP) is 5.17. The van der Waals surface area contributed by atoms with E-state index in [9.17, 15) is 9.59 Å². The molecule has 176 valence electrons. The number of nitrogens with one attached hydrogen (secondary N) is 1. The fraction of sp³-hybridized carbons (Fsp3) is 0.154. The first kappa shape index (κ1) is 23.1. The number of fused-ring (bicyclic) bond motifs is 1. The summed E-state index contributed by atoms with van der Waals surface area (Å²) in [7, 11) is 0. The number of nitrogens with zero attached hydrogens (tertiary/aromatic N) is 3. The summed E-state index contributed by atoms with van der Waals surface area (Å²) in [6, 6.07) is 17.1. The first-order chi connectivity index (χ1) is 16.9. The van der Waals surface area contributed by atoms with Crippen LogP contribution in [-0.4, -0.2) is 24.5 Å². The Labute approximate surface area is 211 Å². The van der Waals surface area contributed by atoms with Crippen molar-refractivity contribution in [3.8, 4) is 0 Å². The standard InChI is InChI=1S/C26H22N4O3S2/c1-16-8-6-12-29-23(16)28-22(27-17(2)18-9-4-3-5-10-18)20(24(29)31)14-21-25(32)30(26(34)35-21)15-19-11-7-13-33-19/h3-14,17,27H,15H2,1-2H3/b21-14-/t17-/m1/s1. The van der Waals surface area contributed by atoms with Crippen LogP contribution in [0.2, 0.25) is 0 Å². The lowest BCUT2D eigenvalue weighted by Crippen LogP contribution is -2.27. The molecule has 1 saturated heterocycles. The molecule has 7 nitrogen and oxygen atoms in total. The summed E-state index contributed by atoms with van der Waals surface area (Å²) in [4.78, 5) is 33.4. The van der Waals surface area contributed by atoms with Crippen LogP contribution in [-0.2, 0) is 11.3 Å². The lowest BCUT2D eigenvalue weighted by atomic mass is 10.1. The zero-order valence-electron chi connectivity index (χ0n) is 19.1. The molecule has 0 saturated carbocycles. The number of carbonyl (C=O) groups excluding carboxylic acids is 1. The van der Waals surface area contributed by atoms with E-state index >= 15 is 0 Å². The van der Waals surface area contributed by atoms with E-state index in [-0.39, 0.29) is 24.1 Å². The maximum Gasteiger partial charge on any atom is 0.267 e. The number of carbonyl (C=O) groups is 1. The molecule has 9 heteroatoms. The second-order valence-corrected chi connectivity index (χ2v) is 9.86. The SMILES string of the molecule is Cc1cccn2c(=O)c(/C=C3\SC(=S)N(Cc4ccco4)C3=O)c(N[C@H](C)c3ccccc3)nc12. The highest BCUT2D eigenvalue weighted by atomic mass is 32.2. The number of amides is 1. The normalized spacial score (nSPS) is 15.8. The molecule has 4 heterocycles. The Morgan fingerprint density at radius 3 is 2.69 bits per heavy atom. The Morgan fingerprint density at radius 2 is 1.94 bits per heavy atom. The monoisotopic (exact) mass is 502 g/mol. The third-order valence-corrected chi connectivity index (χ3v) is 7.16. The minimum absolute atomic E-state index is 0.116. The van der Waals surface area contributed by atoms with Crippen molar-refractivity contribution in [2.45, 2.75) is 26.4 Å². The highest BCUT2D eigenvalue weighted by molar-refractivity contribution is 8.26. The van der Waals surface area contributed by atoms with E-state index in [1.807, 2.05) is 50.2 Å². The van der Waals surface area contributed by atoms with Gasteiger partial charge in [0.2, 0.25) is 0 Å². The van der Waals surface area contributed by atoms with Gasteiger partial charge in [0.1, 0.15) is 21.5 Å². The van der Waals surface area contributed by atoms with Crippen molar-refractivity contribution < 1.29 is 9.21 Å². The Balaban J connectivity index is 1.58. The molecular formula is C26H22N4O3S2. The number of thiocarbonyl (C=S) groups is 1. The quantitative estimate of drug-likeness (QED) is 0.288. The van der Waals surface area contributed by atoms with E-state index in [2.05, 4.69) is 5.32 Å². The number of anilines is 1. The van der Waals surface area contributed by atoms with Crippen molar-refractivity contribution in [3.63, 3.8) is 0 Å². The van der Waals surface area contributed by atoms with Gasteiger partial charge < -0.3 is 9.73 Å². The van der Waals surface area contributed by atoms with Crippen molar-refractivity contribution in [1.82, 2.24) is 14.3 Å². The summed E-state index contributed by atoms with van der Waals surface area (Å²) in [5, 5.41) is 3.38. The van der Waals surface area contributed by atoms with Crippen LogP contribution in [0, 0.1) is 6.92 Å². The number of thioether (sulfide) groups is 1. The second-order valence-electron chi connectivity index (χ2n) is 8.19. The van der Waals surface area contributed by atoms with Crippen molar-refractivity contribution in [3.05, 3.63) is 105 Å². The van der Waals surface area contributed by atoms with Gasteiger partial charge in [-0.25, -0.2) is 4.98 Å². The number of pyridine rings is 1. The number of hydrogen-bond acceptors (Lipinski definition) is 7. The largest absolute Gasteiger partial charge is 0.467 e. The van der Waals surface area contributed by atoms with Crippen molar-refractivity contribution in [1.29, 1.82) is 0 Å². The summed E-state index contributed by atoms with van der Waals surface area (Å²) in [5.74, 6) is 0.772. The molecule has 1 aromatic carbocycles. The van der Waals surface area contributed by atoms with Crippen LogP contribution >= 0.6 is 24.0 Å². The van der Waals surface area contributed by atoms with E-state index in [0.29, 0.717) is 32.0 Å². The first-order valence-electron chi connectivity index (χ1n) is 11.0. The van der Waals surface area contributed by atoms with Gasteiger partial charge in [0.25, 0.3) is 11.5 Å². The van der Waals surface area contributed by atoms with E-state index < -0.39 is 0 Å². The lowest BCUT2D eigenvalue weighted by molar-refractivity contribution is -0.122. The molecule has 0 spiro atoms. The molecule has 1 amide bonds. The number of furan rings is 1. The van der Waals surface area contributed by atoms with Crippen LogP contribution in [0.4, 0.5) is 5.82 Å². The van der Waals surface area contributed by atoms with Crippen LogP contribution in [0.1, 0.15) is 35.4 Å². The summed E-state index contributed by atoms with van der Waals surface area (Å²) in [6.07, 6.45) is 4.82. The van der Waals surface area contributed by atoms with Crippen LogP contribution in [0.25, 0.3) is 11.7 Å². The summed E-state index contributed by atoms with van der Waals surface area (Å²) in [6.45, 7) is 4.15. The predicted molar refractivity (Wildman–Crippen MR) is 142 cm³/mol. The van der Waals surface area contributed by atoms with Gasteiger partial charge >= 0.3 is 0 Å². The Bertz CT molecular complexity index is 1510. The van der Waals surface area contributed by atoms with E-state index in [0.717, 1.165) is 22.9 Å².